The first kappa shape index (κ1) is 18.3. The van der Waals surface area contributed by atoms with Crippen LogP contribution in [0.4, 0.5) is 4.39 Å². The van der Waals surface area contributed by atoms with Gasteiger partial charge in [0.1, 0.15) is 5.82 Å². The van der Waals surface area contributed by atoms with Crippen molar-refractivity contribution in [3.63, 3.8) is 0 Å². The number of aryl methyl sites for hydroxylation is 1. The minimum Gasteiger partial charge on any atom is -0.334 e. The number of rotatable bonds is 4. The number of hydrogen-bond acceptors (Lipinski definition) is 3. The number of aromatic nitrogens is 3. The molecule has 1 amide bonds. The molecule has 0 bridgehead atoms. The van der Waals surface area contributed by atoms with Crippen LogP contribution in [0.1, 0.15) is 36.6 Å². The van der Waals surface area contributed by atoms with E-state index in [1.165, 1.54) is 12.1 Å². The highest BCUT2D eigenvalue weighted by Gasteiger charge is 2.31. The molecule has 1 saturated heterocycles. The Hall–Kier alpha value is -3.02. The summed E-state index contributed by atoms with van der Waals surface area (Å²) in [5.41, 5.74) is 3.69. The largest absolute Gasteiger partial charge is 0.334 e. The Morgan fingerprint density at radius 3 is 2.82 bits per heavy atom. The van der Waals surface area contributed by atoms with Crippen molar-refractivity contribution in [3.8, 4) is 11.1 Å². The molecule has 144 valence electrons. The predicted octanol–water partition coefficient (Wildman–Crippen LogP) is 3.92. The molecule has 28 heavy (non-hydrogen) atoms. The third-order valence-corrected chi connectivity index (χ3v) is 5.23. The van der Waals surface area contributed by atoms with Gasteiger partial charge in [0.05, 0.1) is 18.2 Å². The summed E-state index contributed by atoms with van der Waals surface area (Å²) in [5, 5.41) is 4.71. The zero-order valence-electron chi connectivity index (χ0n) is 15.9. The molecule has 3 heterocycles. The summed E-state index contributed by atoms with van der Waals surface area (Å²) in [6, 6.07) is 10.1. The number of carbonyl (C=O) groups excluding carboxylic acids is 1. The van der Waals surface area contributed by atoms with E-state index in [1.54, 1.807) is 29.2 Å². The fourth-order valence-corrected chi connectivity index (χ4v) is 3.94. The van der Waals surface area contributed by atoms with Crippen LogP contribution in [0.2, 0.25) is 0 Å². The summed E-state index contributed by atoms with van der Waals surface area (Å²) >= 11 is 0. The summed E-state index contributed by atoms with van der Waals surface area (Å²) in [5.74, 6) is -0.299. The Bertz CT molecular complexity index is 970. The molecule has 6 heteroatoms. The van der Waals surface area contributed by atoms with Gasteiger partial charge in [-0.2, -0.15) is 5.10 Å². The molecule has 0 N–H and O–H groups in total. The topological polar surface area (TPSA) is 51.0 Å². The second kappa shape index (κ2) is 7.92. The highest BCUT2D eigenvalue weighted by atomic mass is 19.1. The molecule has 5 nitrogen and oxygen atoms in total. The van der Waals surface area contributed by atoms with Crippen LogP contribution >= 0.6 is 0 Å². The third-order valence-electron chi connectivity index (χ3n) is 5.23. The zero-order chi connectivity index (χ0) is 19.5. The van der Waals surface area contributed by atoms with Gasteiger partial charge in [-0.1, -0.05) is 12.1 Å². The molecule has 0 saturated carbocycles. The first-order valence-electron chi connectivity index (χ1n) is 9.59. The van der Waals surface area contributed by atoms with E-state index in [2.05, 4.69) is 4.98 Å². The summed E-state index contributed by atoms with van der Waals surface area (Å²) < 4.78 is 15.3. The second-order valence-electron chi connectivity index (χ2n) is 7.24. The van der Waals surface area contributed by atoms with Gasteiger partial charge in [0.25, 0.3) is 0 Å². The number of amides is 1. The third kappa shape index (κ3) is 3.81. The lowest BCUT2D eigenvalue weighted by atomic mass is 9.94. The van der Waals surface area contributed by atoms with Gasteiger partial charge in [0, 0.05) is 37.7 Å². The van der Waals surface area contributed by atoms with Crippen LogP contribution in [-0.4, -0.2) is 32.1 Å². The smallest absolute Gasteiger partial charge is 0.227 e. The summed E-state index contributed by atoms with van der Waals surface area (Å²) in [6.45, 7) is 0.700. The van der Waals surface area contributed by atoms with Crippen molar-refractivity contribution in [1.82, 2.24) is 19.7 Å². The van der Waals surface area contributed by atoms with E-state index in [0.29, 0.717) is 12.1 Å². The number of pyridine rings is 1. The molecule has 0 unspecified atom stereocenters. The number of carbonyl (C=O) groups is 1. The monoisotopic (exact) mass is 378 g/mol. The van der Waals surface area contributed by atoms with Gasteiger partial charge in [-0.15, -0.1) is 0 Å². The SMILES string of the molecule is Cn1cc(-c2ccncc2)c([C@@H]2CCCCN2C(=O)Cc2cccc(F)c2)n1. The molecule has 1 aliphatic rings. The lowest BCUT2D eigenvalue weighted by Gasteiger charge is -2.35. The van der Waals surface area contributed by atoms with Gasteiger partial charge in [-0.25, -0.2) is 4.39 Å². The van der Waals surface area contributed by atoms with E-state index in [0.717, 1.165) is 36.1 Å². The maximum Gasteiger partial charge on any atom is 0.227 e. The van der Waals surface area contributed by atoms with Crippen LogP contribution in [0.5, 0.6) is 0 Å². The van der Waals surface area contributed by atoms with Crippen molar-refractivity contribution in [2.75, 3.05) is 6.54 Å². The number of benzene rings is 1. The van der Waals surface area contributed by atoms with E-state index in [1.807, 2.05) is 30.3 Å². The van der Waals surface area contributed by atoms with Gasteiger partial charge in [-0.05, 0) is 54.7 Å². The van der Waals surface area contributed by atoms with Crippen molar-refractivity contribution >= 4 is 5.91 Å². The minimum atomic E-state index is -0.315. The Morgan fingerprint density at radius 2 is 2.04 bits per heavy atom. The second-order valence-corrected chi connectivity index (χ2v) is 7.24. The van der Waals surface area contributed by atoms with Crippen LogP contribution in [0, 0.1) is 5.82 Å². The van der Waals surface area contributed by atoms with Crippen LogP contribution in [0.15, 0.2) is 55.0 Å². The van der Waals surface area contributed by atoms with Gasteiger partial charge in [0.15, 0.2) is 0 Å². The lowest BCUT2D eigenvalue weighted by molar-refractivity contribution is -0.134. The maximum absolute atomic E-state index is 13.5. The average molecular weight is 378 g/mol. The minimum absolute atomic E-state index is 0.0154. The number of likely N-dealkylation sites (tertiary alicyclic amines) is 1. The van der Waals surface area contributed by atoms with E-state index in [4.69, 9.17) is 5.10 Å². The van der Waals surface area contributed by atoms with Gasteiger partial charge < -0.3 is 4.90 Å². The standard InChI is InChI=1S/C22H23FN4O/c1-26-15-19(17-8-10-24-11-9-17)22(25-26)20-7-2-3-12-27(20)21(28)14-16-5-4-6-18(23)13-16/h4-6,8-11,13,15,20H,2-3,7,12,14H2,1H3/t20-/m0/s1. The molecule has 3 aromatic rings. The Morgan fingerprint density at radius 1 is 1.21 bits per heavy atom. The highest BCUT2D eigenvalue weighted by molar-refractivity contribution is 5.80. The van der Waals surface area contributed by atoms with E-state index < -0.39 is 0 Å². The summed E-state index contributed by atoms with van der Waals surface area (Å²) in [4.78, 5) is 19.1. The highest BCUT2D eigenvalue weighted by Crippen LogP contribution is 2.36. The van der Waals surface area contributed by atoms with Crippen molar-refractivity contribution in [2.24, 2.45) is 7.05 Å². The number of nitrogens with zero attached hydrogens (tertiary/aromatic N) is 4. The number of halogens is 1. The Labute approximate surface area is 163 Å². The molecule has 1 aliphatic heterocycles. The molecule has 1 aromatic carbocycles. The molecule has 0 spiro atoms. The Balaban J connectivity index is 1.64. The first-order valence-corrected chi connectivity index (χ1v) is 9.59. The van der Waals surface area contributed by atoms with Crippen molar-refractivity contribution in [2.45, 2.75) is 31.7 Å². The predicted molar refractivity (Wildman–Crippen MR) is 105 cm³/mol. The summed E-state index contributed by atoms with van der Waals surface area (Å²) in [6.07, 6.45) is 8.63. The lowest BCUT2D eigenvalue weighted by Crippen LogP contribution is -2.39. The molecular formula is C22H23FN4O. The number of piperidine rings is 1. The molecule has 0 radical (unpaired) electrons. The Kier molecular flexibility index (Phi) is 5.19. The van der Waals surface area contributed by atoms with Crippen LogP contribution in [0.25, 0.3) is 11.1 Å². The van der Waals surface area contributed by atoms with Crippen LogP contribution < -0.4 is 0 Å². The van der Waals surface area contributed by atoms with Crippen molar-refractivity contribution < 1.29 is 9.18 Å². The number of hydrogen-bond donors (Lipinski definition) is 0. The zero-order valence-corrected chi connectivity index (χ0v) is 15.9. The fraction of sp³-hybridized carbons (Fsp3) is 0.318. The average Bonchev–Trinajstić information content (AvgIpc) is 3.10. The fourth-order valence-electron chi connectivity index (χ4n) is 3.94. The van der Waals surface area contributed by atoms with Crippen molar-refractivity contribution in [1.29, 1.82) is 0 Å². The van der Waals surface area contributed by atoms with Crippen molar-refractivity contribution in [3.05, 3.63) is 72.1 Å². The van der Waals surface area contributed by atoms with Crippen LogP contribution in [0.3, 0.4) is 0 Å². The summed E-state index contributed by atoms with van der Waals surface area (Å²) in [7, 11) is 1.90. The molecule has 1 fully saturated rings. The van der Waals surface area contributed by atoms with E-state index in [9.17, 15) is 9.18 Å². The normalized spacial score (nSPS) is 16.9. The van der Waals surface area contributed by atoms with Gasteiger partial charge in [0.2, 0.25) is 5.91 Å². The molecule has 4 rings (SSSR count). The quantitative estimate of drug-likeness (QED) is 0.691. The van der Waals surface area contributed by atoms with Gasteiger partial charge >= 0.3 is 0 Å². The maximum atomic E-state index is 13.5. The molecule has 1 atom stereocenters. The van der Waals surface area contributed by atoms with Gasteiger partial charge in [-0.3, -0.25) is 14.5 Å². The molecule has 2 aromatic heterocycles. The van der Waals surface area contributed by atoms with E-state index in [-0.39, 0.29) is 24.2 Å². The van der Waals surface area contributed by atoms with Crippen LogP contribution in [-0.2, 0) is 18.3 Å². The first-order chi connectivity index (χ1) is 13.6. The van der Waals surface area contributed by atoms with E-state index >= 15 is 0 Å². The molecule has 0 aliphatic carbocycles. The molecular weight excluding hydrogens is 355 g/mol.